The van der Waals surface area contributed by atoms with Crippen LogP contribution in [0.2, 0.25) is 0 Å². The van der Waals surface area contributed by atoms with Gasteiger partial charge in [-0.05, 0) is 49.2 Å². The van der Waals surface area contributed by atoms with E-state index in [9.17, 15) is 39.3 Å². The number of likely N-dealkylation sites (tertiary alicyclic amines) is 1. The Labute approximate surface area is 258 Å². The van der Waals surface area contributed by atoms with Gasteiger partial charge in [0.2, 0.25) is 17.7 Å². The fourth-order valence-corrected chi connectivity index (χ4v) is 7.89. The van der Waals surface area contributed by atoms with Gasteiger partial charge in [-0.3, -0.25) is 19.3 Å². The number of hydrogen-bond donors (Lipinski definition) is 5. The number of rotatable bonds is 10. The summed E-state index contributed by atoms with van der Waals surface area (Å²) in [6.45, 7) is 5.64. The molecule has 2 saturated heterocycles. The van der Waals surface area contributed by atoms with Crippen molar-refractivity contribution >= 4 is 52.8 Å². The molecule has 3 aliphatic heterocycles. The summed E-state index contributed by atoms with van der Waals surface area (Å²) in [7, 11) is 0. The SMILES string of the molecule is CC(=O)Nc1ccc(CN2C[C@@H](SC3=C(C(=O)O)N4C(=O)[C@H]([C@@H](C)O)[C@H]4[C@H]3C)C[C@H]2C(=O)Nc2cccc(C(=O)O)c2)cc1. The highest BCUT2D eigenvalue weighted by Gasteiger charge is 2.60. The van der Waals surface area contributed by atoms with Crippen molar-refractivity contribution in [2.45, 2.75) is 57.2 Å². The Balaban J connectivity index is 1.39. The Morgan fingerprint density at radius 3 is 2.34 bits per heavy atom. The van der Waals surface area contributed by atoms with Gasteiger partial charge in [0.1, 0.15) is 5.70 Å². The molecule has 3 aliphatic rings. The van der Waals surface area contributed by atoms with Crippen LogP contribution >= 0.6 is 11.8 Å². The number of carbonyl (C=O) groups is 5. The lowest BCUT2D eigenvalue weighted by molar-refractivity contribution is -0.163. The molecule has 2 aromatic rings. The maximum absolute atomic E-state index is 13.6. The molecule has 3 heterocycles. The van der Waals surface area contributed by atoms with E-state index in [1.807, 2.05) is 24.0 Å². The highest BCUT2D eigenvalue weighted by molar-refractivity contribution is 8.03. The Kier molecular flexibility index (Phi) is 8.82. The topological polar surface area (TPSA) is 177 Å². The zero-order valence-electron chi connectivity index (χ0n) is 24.4. The quantitative estimate of drug-likeness (QED) is 0.248. The molecule has 5 rings (SSSR count). The fourth-order valence-electron chi connectivity index (χ4n) is 6.34. The molecule has 2 aromatic carbocycles. The number of β-lactam (4-membered cyclic amide) rings is 1. The van der Waals surface area contributed by atoms with Crippen LogP contribution in [0.25, 0.3) is 0 Å². The molecular weight excluding hydrogens is 588 g/mol. The summed E-state index contributed by atoms with van der Waals surface area (Å²) < 4.78 is 0. The molecule has 6 atom stereocenters. The van der Waals surface area contributed by atoms with Gasteiger partial charge < -0.3 is 30.9 Å². The number of anilines is 2. The number of benzene rings is 2. The summed E-state index contributed by atoms with van der Waals surface area (Å²) in [5.74, 6) is -4.21. The van der Waals surface area contributed by atoms with Crippen LogP contribution in [0.3, 0.4) is 0 Å². The minimum absolute atomic E-state index is 0.0387. The lowest BCUT2D eigenvalue weighted by atomic mass is 9.79. The van der Waals surface area contributed by atoms with Gasteiger partial charge in [-0.2, -0.15) is 0 Å². The van der Waals surface area contributed by atoms with Crippen LogP contribution in [0, 0.1) is 11.8 Å². The van der Waals surface area contributed by atoms with Crippen molar-refractivity contribution in [3.63, 3.8) is 0 Å². The van der Waals surface area contributed by atoms with Gasteiger partial charge in [-0.1, -0.05) is 25.1 Å². The number of aromatic carboxylic acids is 1. The average Bonchev–Trinajstić information content (AvgIpc) is 3.46. The number of carbonyl (C=O) groups excluding carboxylic acids is 3. The molecule has 232 valence electrons. The van der Waals surface area contributed by atoms with Crippen molar-refractivity contribution in [2.75, 3.05) is 17.2 Å². The number of nitrogens with zero attached hydrogens (tertiary/aromatic N) is 2. The van der Waals surface area contributed by atoms with Gasteiger partial charge in [0.05, 0.1) is 29.7 Å². The van der Waals surface area contributed by atoms with E-state index in [2.05, 4.69) is 10.6 Å². The largest absolute Gasteiger partial charge is 0.478 e. The minimum atomic E-state index is -1.21. The number of thioether (sulfide) groups is 1. The van der Waals surface area contributed by atoms with E-state index in [0.29, 0.717) is 35.8 Å². The van der Waals surface area contributed by atoms with E-state index in [1.54, 1.807) is 24.3 Å². The second kappa shape index (κ2) is 12.4. The summed E-state index contributed by atoms with van der Waals surface area (Å²) in [6.07, 6.45) is -0.530. The van der Waals surface area contributed by atoms with Gasteiger partial charge in [0, 0.05) is 47.5 Å². The zero-order chi connectivity index (χ0) is 31.9. The molecule has 0 saturated carbocycles. The summed E-state index contributed by atoms with van der Waals surface area (Å²) in [5, 5.41) is 35.0. The monoisotopic (exact) mass is 622 g/mol. The van der Waals surface area contributed by atoms with Gasteiger partial charge >= 0.3 is 11.9 Å². The third-order valence-corrected chi connectivity index (χ3v) is 9.80. The standard InChI is InChI=1S/C31H34N4O8S/c1-15-25-24(16(2)36)29(39)35(25)26(31(42)43)27(15)44-22-12-23(28(38)33-21-6-4-5-19(11-21)30(40)41)34(14-22)13-18-7-9-20(10-8-18)32-17(3)37/h4-11,15-16,22-25,36H,12-14H2,1-3H3,(H,32,37)(H,33,38)(H,40,41)(H,42,43)/t15-,16-,22+,23+,24-,25-/m1/s1. The zero-order valence-corrected chi connectivity index (χ0v) is 25.2. The second-order valence-corrected chi connectivity index (χ2v) is 12.8. The van der Waals surface area contributed by atoms with Crippen molar-refractivity contribution in [3.05, 3.63) is 70.3 Å². The van der Waals surface area contributed by atoms with Crippen molar-refractivity contribution < 1.29 is 39.3 Å². The fraction of sp³-hybridized carbons (Fsp3) is 0.387. The van der Waals surface area contributed by atoms with E-state index in [1.165, 1.54) is 42.6 Å². The van der Waals surface area contributed by atoms with Crippen LogP contribution in [0.1, 0.15) is 43.1 Å². The summed E-state index contributed by atoms with van der Waals surface area (Å²) in [5.41, 5.74) is 1.86. The number of aliphatic carboxylic acids is 1. The van der Waals surface area contributed by atoms with Crippen molar-refractivity contribution in [2.24, 2.45) is 11.8 Å². The van der Waals surface area contributed by atoms with Crippen LogP contribution in [0.4, 0.5) is 11.4 Å². The van der Waals surface area contributed by atoms with Crippen LogP contribution in [0.15, 0.2) is 59.1 Å². The van der Waals surface area contributed by atoms with Gasteiger partial charge in [-0.25, -0.2) is 9.59 Å². The number of carboxylic acid groups (broad SMARTS) is 2. The number of carboxylic acids is 2. The van der Waals surface area contributed by atoms with Crippen LogP contribution < -0.4 is 10.6 Å². The lowest BCUT2D eigenvalue weighted by Crippen LogP contribution is -2.63. The maximum Gasteiger partial charge on any atom is 0.353 e. The van der Waals surface area contributed by atoms with Crippen LogP contribution in [0.5, 0.6) is 0 Å². The van der Waals surface area contributed by atoms with E-state index in [-0.39, 0.29) is 34.2 Å². The third kappa shape index (κ3) is 6.07. The number of fused-ring (bicyclic) bond motifs is 1. The molecule has 0 spiro atoms. The number of aliphatic hydroxyl groups excluding tert-OH is 1. The summed E-state index contributed by atoms with van der Waals surface area (Å²) >= 11 is 1.36. The first-order valence-corrected chi connectivity index (χ1v) is 15.1. The van der Waals surface area contributed by atoms with E-state index >= 15 is 0 Å². The van der Waals surface area contributed by atoms with E-state index in [4.69, 9.17) is 0 Å². The molecule has 5 N–H and O–H groups in total. The van der Waals surface area contributed by atoms with Crippen molar-refractivity contribution in [3.8, 4) is 0 Å². The second-order valence-electron chi connectivity index (χ2n) is 11.4. The van der Waals surface area contributed by atoms with Crippen LogP contribution in [-0.4, -0.2) is 84.8 Å². The summed E-state index contributed by atoms with van der Waals surface area (Å²) in [4.78, 5) is 65.4. The first-order valence-electron chi connectivity index (χ1n) is 14.3. The third-order valence-electron chi connectivity index (χ3n) is 8.31. The smallest absolute Gasteiger partial charge is 0.353 e. The Hall–Kier alpha value is -4.20. The molecule has 44 heavy (non-hydrogen) atoms. The number of nitrogens with one attached hydrogen (secondary N) is 2. The molecular formula is C31H34N4O8S. The predicted molar refractivity (Wildman–Crippen MR) is 163 cm³/mol. The molecule has 0 unspecified atom stereocenters. The number of hydrogen-bond acceptors (Lipinski definition) is 8. The maximum atomic E-state index is 13.6. The highest BCUT2D eigenvalue weighted by Crippen LogP contribution is 2.52. The molecule has 2 fully saturated rings. The molecule has 0 radical (unpaired) electrons. The molecule has 0 aromatic heterocycles. The highest BCUT2D eigenvalue weighted by atomic mass is 32.2. The summed E-state index contributed by atoms with van der Waals surface area (Å²) in [6, 6.07) is 12.2. The number of aliphatic hydroxyl groups is 1. The molecule has 13 heteroatoms. The molecule has 3 amide bonds. The molecule has 0 aliphatic carbocycles. The minimum Gasteiger partial charge on any atom is -0.478 e. The average molecular weight is 623 g/mol. The van der Waals surface area contributed by atoms with Crippen LogP contribution in [-0.2, 0) is 25.7 Å². The molecule has 12 nitrogen and oxygen atoms in total. The first-order chi connectivity index (χ1) is 20.8. The van der Waals surface area contributed by atoms with Crippen molar-refractivity contribution in [1.82, 2.24) is 9.80 Å². The van der Waals surface area contributed by atoms with E-state index < -0.39 is 42.0 Å². The number of amides is 3. The Bertz CT molecular complexity index is 1540. The normalized spacial score (nSPS) is 25.3. The van der Waals surface area contributed by atoms with Gasteiger partial charge in [-0.15, -0.1) is 11.8 Å². The lowest BCUT2D eigenvalue weighted by Gasteiger charge is -2.46. The van der Waals surface area contributed by atoms with Gasteiger partial charge in [0.25, 0.3) is 0 Å². The molecule has 0 bridgehead atoms. The van der Waals surface area contributed by atoms with E-state index in [0.717, 1.165) is 5.56 Å². The first kappa shape index (κ1) is 31.2. The predicted octanol–water partition coefficient (Wildman–Crippen LogP) is 2.81. The van der Waals surface area contributed by atoms with Crippen molar-refractivity contribution in [1.29, 1.82) is 0 Å². The van der Waals surface area contributed by atoms with Gasteiger partial charge in [0.15, 0.2) is 0 Å². The Morgan fingerprint density at radius 1 is 1.02 bits per heavy atom. The Morgan fingerprint density at radius 2 is 1.73 bits per heavy atom.